The van der Waals surface area contributed by atoms with E-state index in [9.17, 15) is 18.0 Å². The van der Waals surface area contributed by atoms with Crippen LogP contribution in [-0.2, 0) is 26.2 Å². The van der Waals surface area contributed by atoms with E-state index in [1.54, 1.807) is 32.0 Å². The van der Waals surface area contributed by atoms with Crippen molar-refractivity contribution in [1.82, 2.24) is 10.2 Å². The van der Waals surface area contributed by atoms with Gasteiger partial charge < -0.3 is 19.7 Å². The second-order valence-corrected chi connectivity index (χ2v) is 12.2. The van der Waals surface area contributed by atoms with Crippen LogP contribution in [0.15, 0.2) is 65.6 Å². The Morgan fingerprint density at radius 3 is 2.07 bits per heavy atom. The summed E-state index contributed by atoms with van der Waals surface area (Å²) in [5.74, 6) is -0.514. The summed E-state index contributed by atoms with van der Waals surface area (Å²) in [6, 6.07) is 14.1. The molecule has 1 atom stereocenters. The standard InChI is InChI=1S/C29H32Cl3N3O6S/c1-5-25(29(37)33-6-2)34(17-22-23(31)8-7-9-24(22)32)28(36)18-35(20-12-10-19(30)11-13-20)42(38,39)21-14-15-26(40-3)27(16-21)41-4/h7-16,25H,5-6,17-18H2,1-4H3,(H,33,37). The molecule has 0 aromatic heterocycles. The zero-order chi connectivity index (χ0) is 31.0. The highest BCUT2D eigenvalue weighted by Gasteiger charge is 2.34. The number of likely N-dealkylation sites (N-methyl/N-ethyl adjacent to an activating group) is 1. The molecule has 0 bridgehead atoms. The summed E-state index contributed by atoms with van der Waals surface area (Å²) in [6.45, 7) is 3.09. The predicted octanol–water partition coefficient (Wildman–Crippen LogP) is 5.80. The Bertz CT molecular complexity index is 1500. The van der Waals surface area contributed by atoms with E-state index in [0.29, 0.717) is 32.9 Å². The summed E-state index contributed by atoms with van der Waals surface area (Å²) in [7, 11) is -1.53. The third-order valence-corrected chi connectivity index (χ3v) is 9.19. The quantitative estimate of drug-likeness (QED) is 0.249. The highest BCUT2D eigenvalue weighted by atomic mass is 35.5. The van der Waals surface area contributed by atoms with Crippen molar-refractivity contribution in [3.05, 3.63) is 81.3 Å². The molecule has 1 unspecified atom stereocenters. The number of hydrogen-bond acceptors (Lipinski definition) is 6. The summed E-state index contributed by atoms with van der Waals surface area (Å²) in [4.78, 5) is 28.4. The molecule has 0 fully saturated rings. The van der Waals surface area contributed by atoms with Crippen LogP contribution in [-0.4, -0.2) is 58.5 Å². The molecule has 0 saturated carbocycles. The molecule has 1 N–H and O–H groups in total. The number of nitrogens with one attached hydrogen (secondary N) is 1. The molecule has 42 heavy (non-hydrogen) atoms. The Balaban J connectivity index is 2.13. The van der Waals surface area contributed by atoms with Crippen LogP contribution in [0, 0.1) is 0 Å². The number of nitrogens with zero attached hydrogens (tertiary/aromatic N) is 2. The number of hydrogen-bond donors (Lipinski definition) is 1. The molecule has 13 heteroatoms. The number of ether oxygens (including phenoxy) is 2. The van der Waals surface area contributed by atoms with Gasteiger partial charge in [-0.3, -0.25) is 13.9 Å². The molecule has 2 amide bonds. The van der Waals surface area contributed by atoms with Gasteiger partial charge in [-0.2, -0.15) is 0 Å². The Morgan fingerprint density at radius 1 is 0.905 bits per heavy atom. The molecule has 3 aromatic rings. The number of amides is 2. The number of carbonyl (C=O) groups excluding carboxylic acids is 2. The SMILES string of the molecule is CCNC(=O)C(CC)N(Cc1c(Cl)cccc1Cl)C(=O)CN(c1ccc(Cl)cc1)S(=O)(=O)c1ccc(OC)c(OC)c1. The molecular formula is C29H32Cl3N3O6S. The van der Waals surface area contributed by atoms with Crippen molar-refractivity contribution in [3.63, 3.8) is 0 Å². The monoisotopic (exact) mass is 655 g/mol. The number of sulfonamides is 1. The minimum Gasteiger partial charge on any atom is -0.493 e. The summed E-state index contributed by atoms with van der Waals surface area (Å²) < 4.78 is 39.7. The van der Waals surface area contributed by atoms with Crippen LogP contribution >= 0.6 is 34.8 Å². The highest BCUT2D eigenvalue weighted by Crippen LogP contribution is 2.33. The van der Waals surface area contributed by atoms with Gasteiger partial charge >= 0.3 is 0 Å². The number of carbonyl (C=O) groups is 2. The maximum atomic E-state index is 14.1. The van der Waals surface area contributed by atoms with E-state index >= 15 is 0 Å². The van der Waals surface area contributed by atoms with E-state index in [0.717, 1.165) is 4.31 Å². The van der Waals surface area contributed by atoms with E-state index in [2.05, 4.69) is 5.32 Å². The number of anilines is 1. The normalized spacial score (nSPS) is 11.9. The molecule has 226 valence electrons. The summed E-state index contributed by atoms with van der Waals surface area (Å²) in [5.41, 5.74) is 0.613. The predicted molar refractivity (Wildman–Crippen MR) is 165 cm³/mol. The first-order valence-electron chi connectivity index (χ1n) is 13.0. The fourth-order valence-electron chi connectivity index (χ4n) is 4.31. The van der Waals surface area contributed by atoms with Crippen LogP contribution < -0.4 is 19.1 Å². The van der Waals surface area contributed by atoms with Crippen molar-refractivity contribution in [3.8, 4) is 11.5 Å². The van der Waals surface area contributed by atoms with Crippen molar-refractivity contribution >= 4 is 62.3 Å². The smallest absolute Gasteiger partial charge is 0.264 e. The summed E-state index contributed by atoms with van der Waals surface area (Å²) in [6.07, 6.45) is 0.253. The van der Waals surface area contributed by atoms with Crippen LogP contribution in [0.4, 0.5) is 5.69 Å². The largest absolute Gasteiger partial charge is 0.493 e. The Kier molecular flexibility index (Phi) is 11.8. The van der Waals surface area contributed by atoms with Gasteiger partial charge in [0.2, 0.25) is 11.8 Å². The van der Waals surface area contributed by atoms with Gasteiger partial charge in [0.15, 0.2) is 11.5 Å². The lowest BCUT2D eigenvalue weighted by Crippen LogP contribution is -2.52. The van der Waals surface area contributed by atoms with Gasteiger partial charge in [-0.1, -0.05) is 47.8 Å². The number of benzene rings is 3. The fourth-order valence-corrected chi connectivity index (χ4v) is 6.38. The average Bonchev–Trinajstić information content (AvgIpc) is 2.97. The molecule has 9 nitrogen and oxygen atoms in total. The molecule has 0 radical (unpaired) electrons. The Labute approximate surface area is 261 Å². The van der Waals surface area contributed by atoms with Gasteiger partial charge in [-0.25, -0.2) is 8.42 Å². The van der Waals surface area contributed by atoms with Crippen molar-refractivity contribution < 1.29 is 27.5 Å². The van der Waals surface area contributed by atoms with E-state index < -0.39 is 34.4 Å². The lowest BCUT2D eigenvalue weighted by molar-refractivity contribution is -0.140. The third kappa shape index (κ3) is 7.60. The number of rotatable bonds is 13. The molecule has 0 heterocycles. The maximum Gasteiger partial charge on any atom is 0.264 e. The van der Waals surface area contributed by atoms with Crippen molar-refractivity contribution in [2.45, 2.75) is 37.8 Å². The summed E-state index contributed by atoms with van der Waals surface area (Å²) >= 11 is 18.9. The van der Waals surface area contributed by atoms with E-state index in [1.165, 1.54) is 61.6 Å². The molecule has 0 aliphatic rings. The molecular weight excluding hydrogens is 625 g/mol. The van der Waals surface area contributed by atoms with Crippen LogP contribution in [0.5, 0.6) is 11.5 Å². The van der Waals surface area contributed by atoms with E-state index in [-0.39, 0.29) is 29.3 Å². The van der Waals surface area contributed by atoms with Gasteiger partial charge in [-0.05, 0) is 61.9 Å². The molecule has 0 aliphatic carbocycles. The molecule has 0 spiro atoms. The fraction of sp³-hybridized carbons (Fsp3) is 0.310. The number of methoxy groups -OCH3 is 2. The summed E-state index contributed by atoms with van der Waals surface area (Å²) in [5, 5.41) is 3.74. The van der Waals surface area contributed by atoms with E-state index in [1.807, 2.05) is 0 Å². The van der Waals surface area contributed by atoms with Gasteiger partial charge in [0.05, 0.1) is 24.8 Å². The second kappa shape index (κ2) is 14.8. The highest BCUT2D eigenvalue weighted by molar-refractivity contribution is 7.92. The average molecular weight is 657 g/mol. The van der Waals surface area contributed by atoms with Crippen molar-refractivity contribution in [2.75, 3.05) is 31.6 Å². The molecule has 0 aliphatic heterocycles. The van der Waals surface area contributed by atoms with Crippen LogP contribution in [0.1, 0.15) is 25.8 Å². The zero-order valence-corrected chi connectivity index (χ0v) is 26.6. The minimum atomic E-state index is -4.35. The maximum absolute atomic E-state index is 14.1. The lowest BCUT2D eigenvalue weighted by Gasteiger charge is -2.33. The van der Waals surface area contributed by atoms with Gasteiger partial charge in [0, 0.05) is 39.8 Å². The van der Waals surface area contributed by atoms with Gasteiger partial charge in [0.25, 0.3) is 10.0 Å². The first kappa shape index (κ1) is 33.3. The lowest BCUT2D eigenvalue weighted by atomic mass is 10.1. The van der Waals surface area contributed by atoms with Gasteiger partial charge in [0.1, 0.15) is 12.6 Å². The Morgan fingerprint density at radius 2 is 1.52 bits per heavy atom. The molecule has 0 saturated heterocycles. The van der Waals surface area contributed by atoms with Crippen LogP contribution in [0.25, 0.3) is 0 Å². The van der Waals surface area contributed by atoms with Crippen molar-refractivity contribution in [2.24, 2.45) is 0 Å². The molecule has 3 aromatic carbocycles. The Hall–Kier alpha value is -3.18. The first-order chi connectivity index (χ1) is 20.0. The number of halogens is 3. The topological polar surface area (TPSA) is 105 Å². The second-order valence-electron chi connectivity index (χ2n) is 9.05. The third-order valence-electron chi connectivity index (χ3n) is 6.46. The zero-order valence-electron chi connectivity index (χ0n) is 23.6. The van der Waals surface area contributed by atoms with Gasteiger partial charge in [-0.15, -0.1) is 0 Å². The van der Waals surface area contributed by atoms with Crippen molar-refractivity contribution in [1.29, 1.82) is 0 Å². The van der Waals surface area contributed by atoms with Crippen LogP contribution in [0.2, 0.25) is 15.1 Å². The molecule has 3 rings (SSSR count). The van der Waals surface area contributed by atoms with E-state index in [4.69, 9.17) is 44.3 Å². The first-order valence-corrected chi connectivity index (χ1v) is 15.6. The van der Waals surface area contributed by atoms with Crippen LogP contribution in [0.3, 0.4) is 0 Å². The minimum absolute atomic E-state index is 0.127.